The molecular weight excluding hydrogens is 356 g/mol. The van der Waals surface area contributed by atoms with Crippen LogP contribution in [-0.2, 0) is 9.68 Å². The van der Waals surface area contributed by atoms with E-state index in [9.17, 15) is 0 Å². The molecule has 0 aliphatic carbocycles. The number of thiophene rings is 1. The molecule has 27 heavy (non-hydrogen) atoms. The maximum absolute atomic E-state index is 5.86. The Morgan fingerprint density at radius 3 is 2.63 bits per heavy atom. The van der Waals surface area contributed by atoms with Crippen molar-refractivity contribution < 1.29 is 19.1 Å². The monoisotopic (exact) mass is 376 g/mol. The zero-order valence-corrected chi connectivity index (χ0v) is 16.3. The van der Waals surface area contributed by atoms with Gasteiger partial charge in [0.1, 0.15) is 0 Å². The van der Waals surface area contributed by atoms with Crippen LogP contribution in [0.5, 0.6) is 0 Å². The summed E-state index contributed by atoms with van der Waals surface area (Å²) in [5, 5.41) is 2.66. The van der Waals surface area contributed by atoms with Crippen LogP contribution in [0, 0.1) is 6.92 Å². The number of fused-ring (bicyclic) bond motifs is 10. The zero-order valence-electron chi connectivity index (χ0n) is 15.5. The number of benzene rings is 2. The summed E-state index contributed by atoms with van der Waals surface area (Å²) in [5.41, 5.74) is 5.15. The van der Waals surface area contributed by atoms with Gasteiger partial charge in [-0.25, -0.2) is 0 Å². The molecule has 2 aromatic carbocycles. The van der Waals surface area contributed by atoms with E-state index in [1.165, 1.54) is 42.6 Å². The van der Waals surface area contributed by atoms with Crippen LogP contribution in [0.15, 0.2) is 54.7 Å². The van der Waals surface area contributed by atoms with E-state index in [0.29, 0.717) is 0 Å². The molecule has 0 bridgehead atoms. The van der Waals surface area contributed by atoms with E-state index < -0.39 is 0 Å². The van der Waals surface area contributed by atoms with Gasteiger partial charge < -0.3 is 0 Å². The molecule has 0 amide bonds. The average Bonchev–Trinajstić information content (AvgIpc) is 3.23. The SMILES string of the molecule is CO[N+]1(OC)C2c3ccc4c(sc5ccccc54)c3-c3cc(C)cc[n+]3C21. The van der Waals surface area contributed by atoms with Crippen LogP contribution in [0.4, 0.5) is 0 Å². The van der Waals surface area contributed by atoms with E-state index in [1.54, 1.807) is 14.2 Å². The zero-order chi connectivity index (χ0) is 18.3. The number of quaternary nitrogens is 1. The van der Waals surface area contributed by atoms with Crippen molar-refractivity contribution in [2.75, 3.05) is 14.2 Å². The molecule has 2 aliphatic rings. The second-order valence-corrected chi connectivity index (χ2v) is 8.42. The second kappa shape index (κ2) is 5.14. The molecule has 134 valence electrons. The highest BCUT2D eigenvalue weighted by atomic mass is 32.1. The van der Waals surface area contributed by atoms with Crippen molar-refractivity contribution in [1.82, 2.24) is 0 Å². The third-order valence-corrected chi connectivity index (χ3v) is 7.30. The number of nitrogens with zero attached hydrogens (tertiary/aromatic N) is 2. The van der Waals surface area contributed by atoms with Gasteiger partial charge in [0, 0.05) is 42.7 Å². The predicted molar refractivity (Wildman–Crippen MR) is 106 cm³/mol. The van der Waals surface area contributed by atoms with Crippen molar-refractivity contribution in [3.8, 4) is 11.3 Å². The fraction of sp³-hybridized carbons (Fsp3) is 0.227. The molecule has 2 aromatic heterocycles. The Morgan fingerprint density at radius 1 is 1.00 bits per heavy atom. The molecule has 0 radical (unpaired) electrons. The summed E-state index contributed by atoms with van der Waals surface area (Å²) in [6.45, 7) is 2.15. The van der Waals surface area contributed by atoms with Crippen LogP contribution in [0.3, 0.4) is 0 Å². The maximum atomic E-state index is 5.86. The first-order valence-electron chi connectivity index (χ1n) is 9.16. The number of hydrogen-bond donors (Lipinski definition) is 0. The Morgan fingerprint density at radius 2 is 1.81 bits per heavy atom. The van der Waals surface area contributed by atoms with Crippen molar-refractivity contribution in [2.24, 2.45) is 0 Å². The first kappa shape index (κ1) is 15.7. The highest BCUT2D eigenvalue weighted by Crippen LogP contribution is 2.63. The number of hydroxylamine groups is 4. The van der Waals surface area contributed by atoms with Gasteiger partial charge in [-0.3, -0.25) is 0 Å². The van der Waals surface area contributed by atoms with Crippen LogP contribution in [0.2, 0.25) is 0 Å². The first-order valence-corrected chi connectivity index (χ1v) is 9.97. The summed E-state index contributed by atoms with van der Waals surface area (Å²) in [6, 6.07) is 17.8. The highest BCUT2D eigenvalue weighted by molar-refractivity contribution is 7.26. The van der Waals surface area contributed by atoms with E-state index in [-0.39, 0.29) is 17.0 Å². The summed E-state index contributed by atoms with van der Waals surface area (Å²) in [4.78, 5) is 11.9. The van der Waals surface area contributed by atoms with E-state index in [1.807, 2.05) is 11.3 Å². The lowest BCUT2D eigenvalue weighted by molar-refractivity contribution is -1.21. The third-order valence-electron chi connectivity index (χ3n) is 6.10. The quantitative estimate of drug-likeness (QED) is 0.284. The Labute approximate surface area is 161 Å². The van der Waals surface area contributed by atoms with Gasteiger partial charge in [0.25, 0.3) is 0 Å². The van der Waals surface area contributed by atoms with Crippen LogP contribution >= 0.6 is 11.3 Å². The summed E-state index contributed by atoms with van der Waals surface area (Å²) < 4.78 is 5.01. The molecule has 0 saturated carbocycles. The van der Waals surface area contributed by atoms with E-state index in [0.717, 1.165) is 0 Å². The van der Waals surface area contributed by atoms with Gasteiger partial charge in [0.15, 0.2) is 6.20 Å². The molecule has 6 rings (SSSR count). The first-order chi connectivity index (χ1) is 13.2. The predicted octanol–water partition coefficient (Wildman–Crippen LogP) is 4.82. The second-order valence-electron chi connectivity index (χ2n) is 7.37. The van der Waals surface area contributed by atoms with Gasteiger partial charge >= 0.3 is 12.2 Å². The summed E-state index contributed by atoms with van der Waals surface area (Å²) >= 11 is 1.88. The third kappa shape index (κ3) is 1.80. The standard InChI is InChI=1S/C22H20N2O2S/c1-13-10-11-23-17(12-13)19-16(20-22(23)24(20,25-2)26-3)9-8-15-14-6-4-5-7-18(14)27-21(15)19/h4-12,20,22H,1-3H3/q+2. The van der Waals surface area contributed by atoms with Crippen molar-refractivity contribution in [3.05, 3.63) is 65.9 Å². The van der Waals surface area contributed by atoms with E-state index in [2.05, 4.69) is 66.2 Å². The van der Waals surface area contributed by atoms with Crippen LogP contribution in [-0.4, -0.2) is 19.0 Å². The lowest BCUT2D eigenvalue weighted by atomic mass is 9.94. The van der Waals surface area contributed by atoms with Crippen molar-refractivity contribution >= 4 is 31.5 Å². The highest BCUT2D eigenvalue weighted by Gasteiger charge is 2.83. The number of pyridine rings is 1. The Hall–Kier alpha value is -2.31. The van der Waals surface area contributed by atoms with E-state index >= 15 is 0 Å². The Balaban J connectivity index is 1.76. The molecule has 1 saturated heterocycles. The smallest absolute Gasteiger partial charge is 0.164 e. The van der Waals surface area contributed by atoms with E-state index in [4.69, 9.17) is 9.68 Å². The fourth-order valence-electron chi connectivity index (χ4n) is 4.85. The van der Waals surface area contributed by atoms with Gasteiger partial charge in [0.05, 0.1) is 19.8 Å². The molecule has 0 N–H and O–H groups in total. The minimum absolute atomic E-state index is 0.120. The molecule has 2 aliphatic heterocycles. The molecule has 5 heteroatoms. The van der Waals surface area contributed by atoms with Gasteiger partial charge in [-0.1, -0.05) is 30.3 Å². The largest absolute Gasteiger partial charge is 0.409 e. The molecule has 2 unspecified atom stereocenters. The molecule has 4 nitrogen and oxygen atoms in total. The normalized spacial score (nSPS) is 21.7. The summed E-state index contributed by atoms with van der Waals surface area (Å²) in [5.74, 6) is 0. The fourth-order valence-corrected chi connectivity index (χ4v) is 6.11. The molecular formula is C22H20N2O2S+2. The van der Waals surface area contributed by atoms with Crippen molar-refractivity contribution in [3.63, 3.8) is 0 Å². The van der Waals surface area contributed by atoms with Gasteiger partial charge in [-0.15, -0.1) is 15.9 Å². The number of hydrogen-bond acceptors (Lipinski definition) is 3. The summed E-state index contributed by atoms with van der Waals surface area (Å²) in [7, 11) is 3.46. The topological polar surface area (TPSA) is 22.3 Å². The lowest BCUT2D eigenvalue weighted by Crippen LogP contribution is -2.42. The average molecular weight is 376 g/mol. The maximum Gasteiger partial charge on any atom is 0.409 e. The minimum Gasteiger partial charge on any atom is -0.164 e. The number of aryl methyl sites for hydroxylation is 1. The van der Waals surface area contributed by atoms with Gasteiger partial charge in [-0.2, -0.15) is 9.68 Å². The number of rotatable bonds is 2. The van der Waals surface area contributed by atoms with Gasteiger partial charge in [-0.05, 0) is 18.6 Å². The molecule has 4 aromatic rings. The Kier molecular flexibility index (Phi) is 3.00. The van der Waals surface area contributed by atoms with Crippen molar-refractivity contribution in [1.29, 1.82) is 0 Å². The molecule has 4 heterocycles. The Bertz CT molecular complexity index is 1240. The molecule has 2 atom stereocenters. The molecule has 1 fully saturated rings. The van der Waals surface area contributed by atoms with Crippen molar-refractivity contribution in [2.45, 2.75) is 19.1 Å². The minimum atomic E-state index is 0.120. The van der Waals surface area contributed by atoms with Crippen LogP contribution < -0.4 is 4.57 Å². The molecule has 0 spiro atoms. The number of aromatic nitrogens is 1. The summed E-state index contributed by atoms with van der Waals surface area (Å²) in [6.07, 6.45) is 2.30. The van der Waals surface area contributed by atoms with Crippen LogP contribution in [0.1, 0.15) is 23.3 Å². The van der Waals surface area contributed by atoms with Crippen LogP contribution in [0.25, 0.3) is 31.4 Å². The van der Waals surface area contributed by atoms with Gasteiger partial charge in [0.2, 0.25) is 5.69 Å². The lowest BCUT2D eigenvalue weighted by Gasteiger charge is -2.10.